The molecule has 0 aliphatic carbocycles. The number of aryl methyl sites for hydroxylation is 1. The second-order valence-corrected chi connectivity index (χ2v) is 4.24. The molecule has 0 atom stereocenters. The summed E-state index contributed by atoms with van der Waals surface area (Å²) in [6.07, 6.45) is 1.87. The van der Waals surface area contributed by atoms with Crippen LogP contribution in [0.3, 0.4) is 0 Å². The van der Waals surface area contributed by atoms with E-state index in [-0.39, 0.29) is 0 Å². The molecule has 0 N–H and O–H groups in total. The van der Waals surface area contributed by atoms with Gasteiger partial charge in [0.15, 0.2) is 0 Å². The van der Waals surface area contributed by atoms with Crippen LogP contribution in [-0.2, 0) is 11.8 Å². The Morgan fingerprint density at radius 3 is 2.41 bits per heavy atom. The summed E-state index contributed by atoms with van der Waals surface area (Å²) in [4.78, 5) is 2.27. The Morgan fingerprint density at radius 1 is 1.12 bits per heavy atom. The molecular weight excluding hydrogens is 214 g/mol. The summed E-state index contributed by atoms with van der Waals surface area (Å²) < 4.78 is 6.97. The number of hydrogen-bond donors (Lipinski definition) is 0. The molecule has 4 heteroatoms. The summed E-state index contributed by atoms with van der Waals surface area (Å²) in [7, 11) is 4.06. The first kappa shape index (κ1) is 12.1. The maximum Gasteiger partial charge on any atom is 0.0679 e. The van der Waals surface area contributed by atoms with E-state index < -0.39 is 0 Å². The van der Waals surface area contributed by atoms with Crippen molar-refractivity contribution in [3.05, 3.63) is 30.5 Å². The average Bonchev–Trinajstić information content (AvgIpc) is 2.74. The zero-order chi connectivity index (χ0) is 12.1. The third-order valence-corrected chi connectivity index (χ3v) is 2.89. The molecule has 4 nitrogen and oxygen atoms in total. The van der Waals surface area contributed by atoms with Gasteiger partial charge in [0.25, 0.3) is 0 Å². The van der Waals surface area contributed by atoms with E-state index in [2.05, 4.69) is 29.2 Å². The molecule has 3 rings (SSSR count). The first-order valence-electron chi connectivity index (χ1n) is 5.90. The summed E-state index contributed by atoms with van der Waals surface area (Å²) in [5, 5.41) is 5.31. The summed E-state index contributed by atoms with van der Waals surface area (Å²) in [5.41, 5.74) is 1.18. The maximum absolute atomic E-state index is 5.10. The van der Waals surface area contributed by atoms with Gasteiger partial charge in [-0.25, -0.2) is 0 Å². The Bertz CT molecular complexity index is 460. The van der Waals surface area contributed by atoms with Crippen molar-refractivity contribution in [2.45, 2.75) is 0 Å². The molecule has 2 aromatic rings. The predicted octanol–water partition coefficient (Wildman–Crippen LogP) is 1.52. The highest BCUT2D eigenvalue weighted by Gasteiger charge is 2.02. The zero-order valence-electron chi connectivity index (χ0n) is 10.5. The summed E-state index contributed by atoms with van der Waals surface area (Å²) >= 11 is 0. The molecule has 0 spiro atoms. The Balaban J connectivity index is 0.000000136. The molecule has 1 saturated heterocycles. The van der Waals surface area contributed by atoms with Gasteiger partial charge in [-0.3, -0.25) is 4.68 Å². The van der Waals surface area contributed by atoms with Crippen molar-refractivity contribution in [1.29, 1.82) is 0 Å². The molecule has 1 aliphatic heterocycles. The fourth-order valence-electron chi connectivity index (χ4n) is 1.76. The van der Waals surface area contributed by atoms with Crippen molar-refractivity contribution < 1.29 is 4.74 Å². The number of fused-ring (bicyclic) bond motifs is 1. The molecule has 1 aromatic carbocycles. The van der Waals surface area contributed by atoms with Gasteiger partial charge >= 0.3 is 0 Å². The molecule has 0 saturated carbocycles. The number of likely N-dealkylation sites (N-methyl/N-ethyl adjacent to an activating group) is 1. The van der Waals surface area contributed by atoms with Gasteiger partial charge in [0.05, 0.1) is 24.9 Å². The fraction of sp³-hybridized carbons (Fsp3) is 0.462. The Morgan fingerprint density at radius 2 is 1.82 bits per heavy atom. The van der Waals surface area contributed by atoms with Gasteiger partial charge in [0, 0.05) is 25.5 Å². The van der Waals surface area contributed by atoms with E-state index in [4.69, 9.17) is 4.74 Å². The number of ether oxygens (including phenoxy) is 1. The number of morpholine rings is 1. The number of para-hydroxylation sites is 1. The van der Waals surface area contributed by atoms with Crippen LogP contribution in [-0.4, -0.2) is 48.0 Å². The fourth-order valence-corrected chi connectivity index (χ4v) is 1.76. The smallest absolute Gasteiger partial charge is 0.0679 e. The minimum absolute atomic E-state index is 0.913. The van der Waals surface area contributed by atoms with Crippen LogP contribution < -0.4 is 0 Å². The van der Waals surface area contributed by atoms with Crippen molar-refractivity contribution in [3.8, 4) is 0 Å². The number of benzene rings is 1. The van der Waals surface area contributed by atoms with Crippen LogP contribution >= 0.6 is 0 Å². The monoisotopic (exact) mass is 233 g/mol. The lowest BCUT2D eigenvalue weighted by molar-refractivity contribution is 0.0503. The van der Waals surface area contributed by atoms with Crippen molar-refractivity contribution >= 4 is 10.9 Å². The average molecular weight is 233 g/mol. The van der Waals surface area contributed by atoms with E-state index in [1.54, 1.807) is 0 Å². The van der Waals surface area contributed by atoms with Gasteiger partial charge in [-0.15, -0.1) is 0 Å². The van der Waals surface area contributed by atoms with E-state index in [9.17, 15) is 0 Å². The second kappa shape index (κ2) is 5.80. The van der Waals surface area contributed by atoms with Crippen LogP contribution in [0.1, 0.15) is 0 Å². The summed E-state index contributed by atoms with van der Waals surface area (Å²) in [6, 6.07) is 8.15. The maximum atomic E-state index is 5.10. The zero-order valence-corrected chi connectivity index (χ0v) is 10.5. The number of hydrogen-bond acceptors (Lipinski definition) is 3. The van der Waals surface area contributed by atoms with Crippen LogP contribution in [0.5, 0.6) is 0 Å². The van der Waals surface area contributed by atoms with Crippen molar-refractivity contribution in [2.24, 2.45) is 7.05 Å². The molecule has 1 aromatic heterocycles. The summed E-state index contributed by atoms with van der Waals surface area (Å²) in [6.45, 7) is 4.02. The number of aromatic nitrogens is 2. The summed E-state index contributed by atoms with van der Waals surface area (Å²) in [5.74, 6) is 0. The highest BCUT2D eigenvalue weighted by molar-refractivity contribution is 5.78. The van der Waals surface area contributed by atoms with Gasteiger partial charge in [-0.2, -0.15) is 5.10 Å². The topological polar surface area (TPSA) is 30.3 Å². The lowest BCUT2D eigenvalue weighted by Crippen LogP contribution is -2.32. The largest absolute Gasteiger partial charge is 0.379 e. The van der Waals surface area contributed by atoms with E-state index in [0.29, 0.717) is 0 Å². The molecule has 0 radical (unpaired) electrons. The molecule has 92 valence electrons. The highest BCUT2D eigenvalue weighted by Crippen LogP contribution is 2.10. The lowest BCUT2D eigenvalue weighted by atomic mass is 10.3. The SMILES string of the molecule is CN1CCOCC1.Cn1ncc2ccccc21. The molecule has 2 heterocycles. The van der Waals surface area contributed by atoms with Crippen molar-refractivity contribution in [3.63, 3.8) is 0 Å². The van der Waals surface area contributed by atoms with Crippen molar-refractivity contribution in [1.82, 2.24) is 14.7 Å². The van der Waals surface area contributed by atoms with Gasteiger partial charge in [0.2, 0.25) is 0 Å². The molecule has 0 unspecified atom stereocenters. The van der Waals surface area contributed by atoms with Crippen LogP contribution in [0.25, 0.3) is 10.9 Å². The Hall–Kier alpha value is -1.39. The Labute approximate surface area is 102 Å². The van der Waals surface area contributed by atoms with E-state index in [1.165, 1.54) is 10.9 Å². The van der Waals surface area contributed by atoms with Gasteiger partial charge < -0.3 is 9.64 Å². The van der Waals surface area contributed by atoms with Gasteiger partial charge in [0.1, 0.15) is 0 Å². The normalized spacial score (nSPS) is 16.6. The predicted molar refractivity (Wildman–Crippen MR) is 69.0 cm³/mol. The van der Waals surface area contributed by atoms with Crippen LogP contribution in [0, 0.1) is 0 Å². The molecule has 0 bridgehead atoms. The second-order valence-electron chi connectivity index (χ2n) is 4.24. The first-order valence-corrected chi connectivity index (χ1v) is 5.90. The molecule has 17 heavy (non-hydrogen) atoms. The third kappa shape index (κ3) is 3.28. The van der Waals surface area contributed by atoms with E-state index >= 15 is 0 Å². The highest BCUT2D eigenvalue weighted by atomic mass is 16.5. The van der Waals surface area contributed by atoms with Crippen LogP contribution in [0.4, 0.5) is 0 Å². The Kier molecular flexibility index (Phi) is 4.12. The molecule has 0 amide bonds. The standard InChI is InChI=1S/C8H8N2.C5H11NO/c1-10-8-5-3-2-4-7(8)6-9-10;1-6-2-4-7-5-3-6/h2-6H,1H3;2-5H2,1H3. The number of nitrogens with zero attached hydrogens (tertiary/aromatic N) is 3. The third-order valence-electron chi connectivity index (χ3n) is 2.89. The molecular formula is C13H19N3O. The van der Waals surface area contributed by atoms with Gasteiger partial charge in [-0.1, -0.05) is 18.2 Å². The minimum atomic E-state index is 0.913. The first-order chi connectivity index (χ1) is 8.27. The number of rotatable bonds is 0. The van der Waals surface area contributed by atoms with Crippen molar-refractivity contribution in [2.75, 3.05) is 33.4 Å². The van der Waals surface area contributed by atoms with Gasteiger partial charge in [-0.05, 0) is 13.1 Å². The van der Waals surface area contributed by atoms with Crippen LogP contribution in [0.2, 0.25) is 0 Å². The molecule has 1 fully saturated rings. The molecule has 1 aliphatic rings. The minimum Gasteiger partial charge on any atom is -0.379 e. The van der Waals surface area contributed by atoms with E-state index in [0.717, 1.165) is 26.3 Å². The lowest BCUT2D eigenvalue weighted by Gasteiger charge is -2.21. The van der Waals surface area contributed by atoms with Crippen LogP contribution in [0.15, 0.2) is 30.5 Å². The van der Waals surface area contributed by atoms with E-state index in [1.807, 2.05) is 30.1 Å². The quantitative estimate of drug-likeness (QED) is 0.691.